The van der Waals surface area contributed by atoms with Crippen molar-refractivity contribution in [3.05, 3.63) is 40.4 Å². The topological polar surface area (TPSA) is 84.3 Å². The zero-order valence-corrected chi connectivity index (χ0v) is 17.2. The molecule has 1 heterocycles. The molecule has 0 saturated heterocycles. The van der Waals surface area contributed by atoms with E-state index in [1.165, 1.54) is 21.1 Å². The van der Waals surface area contributed by atoms with Crippen LogP contribution in [0.5, 0.6) is 0 Å². The van der Waals surface area contributed by atoms with E-state index in [0.717, 1.165) is 6.07 Å². The maximum Gasteiger partial charge on any atom is 0.246 e. The molecule has 27 heavy (non-hydrogen) atoms. The molecule has 148 valence electrons. The molecule has 0 radical (unpaired) electrons. The molecule has 0 spiro atoms. The molecule has 10 heteroatoms. The van der Waals surface area contributed by atoms with Crippen molar-refractivity contribution in [2.75, 3.05) is 18.4 Å². The largest absolute Gasteiger partial charge is 0.324 e. The maximum absolute atomic E-state index is 13.2. The van der Waals surface area contributed by atoms with E-state index >= 15 is 0 Å². The van der Waals surface area contributed by atoms with Crippen molar-refractivity contribution >= 4 is 33.2 Å². The third kappa shape index (κ3) is 4.48. The van der Waals surface area contributed by atoms with Gasteiger partial charge in [0.05, 0.1) is 16.4 Å². The van der Waals surface area contributed by atoms with Gasteiger partial charge in [0, 0.05) is 18.8 Å². The van der Waals surface area contributed by atoms with Gasteiger partial charge in [0.15, 0.2) is 0 Å². The quantitative estimate of drug-likeness (QED) is 0.752. The van der Waals surface area contributed by atoms with Crippen LogP contribution in [0.1, 0.15) is 25.2 Å². The predicted octanol–water partition coefficient (Wildman–Crippen LogP) is 2.96. The Morgan fingerprint density at radius 1 is 1.30 bits per heavy atom. The molecule has 1 N–H and O–H groups in total. The first-order valence-corrected chi connectivity index (χ1v) is 10.2. The molecule has 2 aromatic rings. The zero-order valence-electron chi connectivity index (χ0n) is 15.6. The van der Waals surface area contributed by atoms with Crippen molar-refractivity contribution in [1.82, 2.24) is 14.1 Å². The summed E-state index contributed by atoms with van der Waals surface area (Å²) < 4.78 is 41.5. The molecule has 2 rings (SSSR count). The fraction of sp³-hybridized carbons (Fsp3) is 0.412. The molecular weight excluding hydrogens is 395 g/mol. The van der Waals surface area contributed by atoms with Crippen molar-refractivity contribution in [3.63, 3.8) is 0 Å². The molecule has 0 unspecified atom stereocenters. The van der Waals surface area contributed by atoms with Crippen molar-refractivity contribution in [2.45, 2.75) is 39.1 Å². The highest BCUT2D eigenvalue weighted by atomic mass is 35.5. The summed E-state index contributed by atoms with van der Waals surface area (Å²) in [4.78, 5) is 12.4. The minimum Gasteiger partial charge on any atom is -0.324 e. The molecule has 1 aromatic carbocycles. The monoisotopic (exact) mass is 416 g/mol. The van der Waals surface area contributed by atoms with Gasteiger partial charge in [-0.05, 0) is 32.0 Å². The van der Waals surface area contributed by atoms with E-state index in [1.807, 2.05) is 0 Å². The number of amides is 1. The molecule has 0 bridgehead atoms. The Balaban J connectivity index is 2.25. The third-order valence-electron chi connectivity index (χ3n) is 4.12. The van der Waals surface area contributed by atoms with E-state index in [9.17, 15) is 17.6 Å². The minimum absolute atomic E-state index is 0.105. The summed E-state index contributed by atoms with van der Waals surface area (Å²) in [5.41, 5.74) is 1.05. The van der Waals surface area contributed by atoms with Gasteiger partial charge in [0.25, 0.3) is 0 Å². The standard InChI is InChI=1S/C17H22ClFN4O3S/c1-5-22(6-2)27(25,26)17-11(3)21-23(12(17)4)10-16(24)20-13-7-8-15(19)14(18)9-13/h7-9H,5-6,10H2,1-4H3,(H,20,24). The van der Waals surface area contributed by atoms with E-state index in [1.54, 1.807) is 27.7 Å². The summed E-state index contributed by atoms with van der Waals surface area (Å²) in [5.74, 6) is -1.02. The summed E-state index contributed by atoms with van der Waals surface area (Å²) in [7, 11) is -3.69. The van der Waals surface area contributed by atoms with E-state index in [4.69, 9.17) is 11.6 Å². The number of carbonyl (C=O) groups excluding carboxylic acids is 1. The molecule has 0 saturated carbocycles. The number of hydrogen-bond acceptors (Lipinski definition) is 4. The number of rotatable bonds is 7. The molecule has 0 aliphatic heterocycles. The van der Waals surface area contributed by atoms with Crippen LogP contribution in [0.25, 0.3) is 0 Å². The number of carbonyl (C=O) groups is 1. The normalized spacial score (nSPS) is 11.8. The van der Waals surface area contributed by atoms with Gasteiger partial charge in [-0.2, -0.15) is 9.40 Å². The average Bonchev–Trinajstić information content (AvgIpc) is 2.86. The summed E-state index contributed by atoms with van der Waals surface area (Å²) in [6.07, 6.45) is 0. The molecular formula is C17H22ClFN4O3S. The van der Waals surface area contributed by atoms with Gasteiger partial charge < -0.3 is 5.32 Å². The van der Waals surface area contributed by atoms with Crippen LogP contribution in [0.15, 0.2) is 23.1 Å². The van der Waals surface area contributed by atoms with Crippen LogP contribution in [0.2, 0.25) is 5.02 Å². The lowest BCUT2D eigenvalue weighted by Gasteiger charge is -2.18. The van der Waals surface area contributed by atoms with Crippen LogP contribution in [0.4, 0.5) is 10.1 Å². The highest BCUT2D eigenvalue weighted by molar-refractivity contribution is 7.89. The lowest BCUT2D eigenvalue weighted by molar-refractivity contribution is -0.116. The second kappa shape index (κ2) is 8.37. The van der Waals surface area contributed by atoms with Crippen LogP contribution in [-0.2, 0) is 21.4 Å². The lowest BCUT2D eigenvalue weighted by Crippen LogP contribution is -2.31. The number of hydrogen-bond donors (Lipinski definition) is 1. The lowest BCUT2D eigenvalue weighted by atomic mass is 10.3. The van der Waals surface area contributed by atoms with Crippen LogP contribution in [0.3, 0.4) is 0 Å². The second-order valence-electron chi connectivity index (χ2n) is 5.92. The van der Waals surface area contributed by atoms with Crippen LogP contribution < -0.4 is 5.32 Å². The molecule has 0 atom stereocenters. The third-order valence-corrected chi connectivity index (χ3v) is 6.71. The SMILES string of the molecule is CCN(CC)S(=O)(=O)c1c(C)nn(CC(=O)Nc2ccc(F)c(Cl)c2)c1C. The zero-order chi connectivity index (χ0) is 20.4. The van der Waals surface area contributed by atoms with Gasteiger partial charge >= 0.3 is 0 Å². The second-order valence-corrected chi connectivity index (χ2v) is 8.21. The number of aromatic nitrogens is 2. The van der Waals surface area contributed by atoms with Crippen molar-refractivity contribution < 1.29 is 17.6 Å². The van der Waals surface area contributed by atoms with Crippen LogP contribution in [-0.4, -0.2) is 41.5 Å². The summed E-state index contributed by atoms with van der Waals surface area (Å²) in [6, 6.07) is 3.83. The number of benzene rings is 1. The number of sulfonamides is 1. The van der Waals surface area contributed by atoms with Gasteiger partial charge in [-0.3, -0.25) is 9.48 Å². The van der Waals surface area contributed by atoms with Gasteiger partial charge in [-0.25, -0.2) is 12.8 Å². The van der Waals surface area contributed by atoms with Gasteiger partial charge in [-0.1, -0.05) is 25.4 Å². The Kier molecular flexibility index (Phi) is 6.61. The summed E-state index contributed by atoms with van der Waals surface area (Å²) >= 11 is 5.70. The van der Waals surface area contributed by atoms with E-state index in [0.29, 0.717) is 30.2 Å². The molecule has 7 nitrogen and oxygen atoms in total. The Labute approximate surface area is 163 Å². The van der Waals surface area contributed by atoms with Crippen molar-refractivity contribution in [2.24, 2.45) is 0 Å². The summed E-state index contributed by atoms with van der Waals surface area (Å²) in [6.45, 7) is 7.23. The predicted molar refractivity (Wildman–Crippen MR) is 102 cm³/mol. The van der Waals surface area contributed by atoms with Gasteiger partial charge in [0.1, 0.15) is 17.3 Å². The van der Waals surface area contributed by atoms with E-state index in [2.05, 4.69) is 10.4 Å². The van der Waals surface area contributed by atoms with Crippen molar-refractivity contribution in [1.29, 1.82) is 0 Å². The minimum atomic E-state index is -3.69. The fourth-order valence-corrected chi connectivity index (χ4v) is 4.82. The first-order valence-electron chi connectivity index (χ1n) is 8.40. The highest BCUT2D eigenvalue weighted by Gasteiger charge is 2.29. The Bertz CT molecular complexity index is 955. The number of nitrogens with zero attached hydrogens (tertiary/aromatic N) is 3. The van der Waals surface area contributed by atoms with Crippen LogP contribution in [0, 0.1) is 19.7 Å². The molecule has 0 fully saturated rings. The fourth-order valence-electron chi connectivity index (χ4n) is 2.81. The van der Waals surface area contributed by atoms with E-state index < -0.39 is 21.7 Å². The number of aryl methyl sites for hydroxylation is 1. The van der Waals surface area contributed by atoms with Crippen LogP contribution >= 0.6 is 11.6 Å². The average molecular weight is 417 g/mol. The first kappa shape index (κ1) is 21.3. The summed E-state index contributed by atoms with van der Waals surface area (Å²) in [5, 5.41) is 6.69. The number of anilines is 1. The Morgan fingerprint density at radius 2 is 1.93 bits per heavy atom. The van der Waals surface area contributed by atoms with Gasteiger partial charge in [0.2, 0.25) is 15.9 Å². The Morgan fingerprint density at radius 3 is 2.48 bits per heavy atom. The van der Waals surface area contributed by atoms with Gasteiger partial charge in [-0.15, -0.1) is 0 Å². The Hall–Kier alpha value is -1.97. The van der Waals surface area contributed by atoms with E-state index in [-0.39, 0.29) is 16.5 Å². The maximum atomic E-state index is 13.2. The smallest absolute Gasteiger partial charge is 0.246 e. The first-order chi connectivity index (χ1) is 12.6. The molecule has 1 aromatic heterocycles. The molecule has 1 amide bonds. The molecule has 0 aliphatic rings. The van der Waals surface area contributed by atoms with Crippen molar-refractivity contribution in [3.8, 4) is 0 Å². The number of halogens is 2. The number of nitrogens with one attached hydrogen (secondary N) is 1. The molecule has 0 aliphatic carbocycles. The highest BCUT2D eigenvalue weighted by Crippen LogP contribution is 2.24.